The predicted octanol–water partition coefficient (Wildman–Crippen LogP) is 2.85. The lowest BCUT2D eigenvalue weighted by molar-refractivity contribution is -0.121. The third-order valence-electron chi connectivity index (χ3n) is 3.47. The number of rotatable bonds is 6. The lowest BCUT2D eigenvalue weighted by atomic mass is 9.93. The minimum absolute atomic E-state index is 0.134. The molecule has 0 bridgehead atoms. The van der Waals surface area contributed by atoms with E-state index in [1.807, 2.05) is 45.9 Å². The van der Waals surface area contributed by atoms with Crippen molar-refractivity contribution in [1.82, 2.24) is 0 Å². The Kier molecular flexibility index (Phi) is 5.36. The highest BCUT2D eigenvalue weighted by atomic mass is 16.5. The van der Waals surface area contributed by atoms with E-state index in [-0.39, 0.29) is 5.91 Å². The maximum atomic E-state index is 12.2. The molecule has 3 N–H and O–H groups in total. The van der Waals surface area contributed by atoms with Gasteiger partial charge in [-0.25, -0.2) is 0 Å². The Morgan fingerprint density at radius 1 is 1.32 bits per heavy atom. The average molecular weight is 264 g/mol. The molecule has 1 aromatic carbocycles. The van der Waals surface area contributed by atoms with Crippen LogP contribution in [0.4, 0.5) is 5.69 Å². The van der Waals surface area contributed by atoms with E-state index in [0.29, 0.717) is 19.4 Å². The summed E-state index contributed by atoms with van der Waals surface area (Å²) in [4.78, 5) is 12.2. The molecule has 0 unspecified atom stereocenters. The molecule has 0 aromatic heterocycles. The third kappa shape index (κ3) is 3.70. The summed E-state index contributed by atoms with van der Waals surface area (Å²) in [5.41, 5.74) is 7.03. The lowest BCUT2D eigenvalue weighted by Crippen LogP contribution is -2.50. The zero-order valence-electron chi connectivity index (χ0n) is 12.2. The van der Waals surface area contributed by atoms with Crippen molar-refractivity contribution in [2.45, 2.75) is 46.1 Å². The quantitative estimate of drug-likeness (QED) is 0.830. The molecule has 0 heterocycles. The van der Waals surface area contributed by atoms with Crippen LogP contribution in [0.25, 0.3) is 0 Å². The largest absolute Gasteiger partial charge is 0.494 e. The zero-order valence-corrected chi connectivity index (χ0v) is 12.2. The van der Waals surface area contributed by atoms with Crippen LogP contribution in [0, 0.1) is 6.92 Å². The molecule has 0 aliphatic carbocycles. The zero-order chi connectivity index (χ0) is 14.5. The van der Waals surface area contributed by atoms with Gasteiger partial charge in [0, 0.05) is 5.69 Å². The van der Waals surface area contributed by atoms with Crippen molar-refractivity contribution in [3.05, 3.63) is 23.8 Å². The SMILES string of the molecule is CCOc1ccc(NC(=O)C(N)(CC)CC)c(C)c1. The number of carbonyl (C=O) groups excluding carboxylic acids is 1. The van der Waals surface area contributed by atoms with Gasteiger partial charge in [-0.1, -0.05) is 13.8 Å². The van der Waals surface area contributed by atoms with Crippen LogP contribution in [-0.4, -0.2) is 18.1 Å². The predicted molar refractivity (Wildman–Crippen MR) is 78.5 cm³/mol. The molecule has 0 saturated carbocycles. The van der Waals surface area contributed by atoms with Crippen molar-refractivity contribution in [3.8, 4) is 5.75 Å². The number of aryl methyl sites for hydroxylation is 1. The topological polar surface area (TPSA) is 64.3 Å². The van der Waals surface area contributed by atoms with Gasteiger partial charge in [0.05, 0.1) is 12.1 Å². The maximum absolute atomic E-state index is 12.2. The Balaban J connectivity index is 2.85. The fourth-order valence-corrected chi connectivity index (χ4v) is 1.85. The molecular formula is C15H24N2O2. The van der Waals surface area contributed by atoms with Crippen molar-refractivity contribution < 1.29 is 9.53 Å². The summed E-state index contributed by atoms with van der Waals surface area (Å²) >= 11 is 0. The third-order valence-corrected chi connectivity index (χ3v) is 3.47. The van der Waals surface area contributed by atoms with E-state index in [4.69, 9.17) is 10.5 Å². The summed E-state index contributed by atoms with van der Waals surface area (Å²) < 4.78 is 5.42. The van der Waals surface area contributed by atoms with Crippen LogP contribution in [0.15, 0.2) is 18.2 Å². The minimum atomic E-state index is -0.801. The number of carbonyl (C=O) groups is 1. The number of benzene rings is 1. The average Bonchev–Trinajstić information content (AvgIpc) is 2.41. The first-order valence-electron chi connectivity index (χ1n) is 6.80. The molecule has 1 aromatic rings. The second-order valence-corrected chi connectivity index (χ2v) is 4.73. The highest BCUT2D eigenvalue weighted by molar-refractivity contribution is 5.98. The molecule has 0 spiro atoms. The Morgan fingerprint density at radius 2 is 1.95 bits per heavy atom. The van der Waals surface area contributed by atoms with E-state index in [0.717, 1.165) is 17.0 Å². The molecule has 0 aliphatic heterocycles. The Bertz CT molecular complexity index is 440. The first-order chi connectivity index (χ1) is 8.96. The molecule has 4 nitrogen and oxygen atoms in total. The summed E-state index contributed by atoms with van der Waals surface area (Å²) in [6.07, 6.45) is 1.23. The smallest absolute Gasteiger partial charge is 0.244 e. The summed E-state index contributed by atoms with van der Waals surface area (Å²) in [6.45, 7) is 8.36. The van der Waals surface area contributed by atoms with Gasteiger partial charge >= 0.3 is 0 Å². The van der Waals surface area contributed by atoms with Crippen LogP contribution in [0.2, 0.25) is 0 Å². The maximum Gasteiger partial charge on any atom is 0.244 e. The Hall–Kier alpha value is -1.55. The monoisotopic (exact) mass is 264 g/mol. The number of ether oxygens (including phenoxy) is 1. The van der Waals surface area contributed by atoms with Crippen LogP contribution in [0.3, 0.4) is 0 Å². The van der Waals surface area contributed by atoms with Crippen molar-refractivity contribution >= 4 is 11.6 Å². The lowest BCUT2D eigenvalue weighted by Gasteiger charge is -2.25. The van der Waals surface area contributed by atoms with E-state index in [9.17, 15) is 4.79 Å². The molecule has 19 heavy (non-hydrogen) atoms. The van der Waals surface area contributed by atoms with Crippen LogP contribution in [0.1, 0.15) is 39.2 Å². The molecule has 4 heteroatoms. The van der Waals surface area contributed by atoms with Crippen LogP contribution in [-0.2, 0) is 4.79 Å². The number of nitrogens with two attached hydrogens (primary N) is 1. The van der Waals surface area contributed by atoms with Gasteiger partial charge in [-0.05, 0) is 50.5 Å². The first-order valence-corrected chi connectivity index (χ1v) is 6.80. The molecule has 1 amide bonds. The fourth-order valence-electron chi connectivity index (χ4n) is 1.85. The van der Waals surface area contributed by atoms with Gasteiger partial charge in [-0.3, -0.25) is 4.79 Å². The summed E-state index contributed by atoms with van der Waals surface area (Å²) in [7, 11) is 0. The van der Waals surface area contributed by atoms with Gasteiger partial charge in [0.1, 0.15) is 5.75 Å². The van der Waals surface area contributed by atoms with Gasteiger partial charge in [0.25, 0.3) is 0 Å². The standard InChI is InChI=1S/C15H24N2O2/c1-5-15(16,6-2)14(18)17-13-9-8-12(19-7-3)10-11(13)4/h8-10H,5-7,16H2,1-4H3,(H,17,18). The first kappa shape index (κ1) is 15.5. The number of amides is 1. The van der Waals surface area contributed by atoms with Gasteiger partial charge < -0.3 is 15.8 Å². The fraction of sp³-hybridized carbons (Fsp3) is 0.533. The van der Waals surface area contributed by atoms with Gasteiger partial charge in [0.2, 0.25) is 5.91 Å². The number of hydrogen-bond acceptors (Lipinski definition) is 3. The summed E-state index contributed by atoms with van der Waals surface area (Å²) in [5.74, 6) is 0.674. The molecule has 0 atom stereocenters. The molecule has 1 rings (SSSR count). The second kappa shape index (κ2) is 6.57. The number of hydrogen-bond donors (Lipinski definition) is 2. The molecular weight excluding hydrogens is 240 g/mol. The summed E-state index contributed by atoms with van der Waals surface area (Å²) in [6, 6.07) is 5.61. The normalized spacial score (nSPS) is 11.2. The minimum Gasteiger partial charge on any atom is -0.494 e. The second-order valence-electron chi connectivity index (χ2n) is 4.73. The van der Waals surface area contributed by atoms with Crippen molar-refractivity contribution in [2.75, 3.05) is 11.9 Å². The molecule has 0 radical (unpaired) electrons. The number of nitrogens with one attached hydrogen (secondary N) is 1. The van der Waals surface area contributed by atoms with Gasteiger partial charge in [0.15, 0.2) is 0 Å². The number of anilines is 1. The molecule has 106 valence electrons. The Morgan fingerprint density at radius 3 is 2.42 bits per heavy atom. The molecule has 0 fully saturated rings. The van der Waals surface area contributed by atoms with Crippen LogP contribution < -0.4 is 15.8 Å². The van der Waals surface area contributed by atoms with E-state index in [1.165, 1.54) is 0 Å². The van der Waals surface area contributed by atoms with Crippen molar-refractivity contribution in [2.24, 2.45) is 5.73 Å². The van der Waals surface area contributed by atoms with E-state index < -0.39 is 5.54 Å². The van der Waals surface area contributed by atoms with Gasteiger partial charge in [-0.15, -0.1) is 0 Å². The van der Waals surface area contributed by atoms with Crippen LogP contribution in [0.5, 0.6) is 5.75 Å². The van der Waals surface area contributed by atoms with Crippen molar-refractivity contribution in [3.63, 3.8) is 0 Å². The van der Waals surface area contributed by atoms with Crippen LogP contribution >= 0.6 is 0 Å². The molecule has 0 saturated heterocycles. The Labute approximate surface area is 115 Å². The highest BCUT2D eigenvalue weighted by Crippen LogP contribution is 2.23. The van der Waals surface area contributed by atoms with Gasteiger partial charge in [-0.2, -0.15) is 0 Å². The van der Waals surface area contributed by atoms with E-state index >= 15 is 0 Å². The summed E-state index contributed by atoms with van der Waals surface area (Å²) in [5, 5.41) is 2.90. The van der Waals surface area contributed by atoms with Crippen molar-refractivity contribution in [1.29, 1.82) is 0 Å². The van der Waals surface area contributed by atoms with E-state index in [2.05, 4.69) is 5.32 Å². The highest BCUT2D eigenvalue weighted by Gasteiger charge is 2.30. The van der Waals surface area contributed by atoms with E-state index in [1.54, 1.807) is 0 Å². The molecule has 0 aliphatic rings.